The fourth-order valence-electron chi connectivity index (χ4n) is 1.85. The molecular formula is C18H24O6. The molecule has 1 unspecified atom stereocenters. The van der Waals surface area contributed by atoms with Crippen molar-refractivity contribution < 1.29 is 29.0 Å². The molecule has 0 radical (unpaired) electrons. The average molecular weight is 336 g/mol. The summed E-state index contributed by atoms with van der Waals surface area (Å²) in [5, 5.41) is 9.37. The molecule has 6 heteroatoms. The van der Waals surface area contributed by atoms with E-state index in [1.165, 1.54) is 6.92 Å². The zero-order chi connectivity index (χ0) is 18.4. The lowest BCUT2D eigenvalue weighted by molar-refractivity contribution is -0.176. The van der Waals surface area contributed by atoms with Gasteiger partial charge in [0.1, 0.15) is 12.2 Å². The number of carbonyl (C=O) groups excluding carboxylic acids is 2. The number of carboxylic acid groups (broad SMARTS) is 1. The lowest BCUT2D eigenvalue weighted by Crippen LogP contribution is -2.41. The van der Waals surface area contributed by atoms with Gasteiger partial charge in [-0.1, -0.05) is 30.3 Å². The summed E-state index contributed by atoms with van der Waals surface area (Å²) in [6.07, 6.45) is -0.375. The number of hydrogen-bond acceptors (Lipinski definition) is 5. The van der Waals surface area contributed by atoms with Crippen molar-refractivity contribution in [1.29, 1.82) is 0 Å². The van der Waals surface area contributed by atoms with Crippen LogP contribution in [0.25, 0.3) is 0 Å². The first-order chi connectivity index (χ1) is 11.0. The molecule has 1 aromatic rings. The van der Waals surface area contributed by atoms with Gasteiger partial charge in [-0.25, -0.2) is 0 Å². The zero-order valence-electron chi connectivity index (χ0n) is 14.5. The third-order valence-electron chi connectivity index (χ3n) is 3.39. The molecule has 1 N–H and O–H groups in total. The van der Waals surface area contributed by atoms with Gasteiger partial charge in [0, 0.05) is 6.42 Å². The molecule has 0 amide bonds. The molecular weight excluding hydrogens is 312 g/mol. The van der Waals surface area contributed by atoms with Crippen LogP contribution in [0.3, 0.4) is 0 Å². The highest BCUT2D eigenvalue weighted by molar-refractivity contribution is 5.99. The fraction of sp³-hybridized carbons (Fsp3) is 0.500. The minimum absolute atomic E-state index is 0.107. The van der Waals surface area contributed by atoms with Crippen molar-refractivity contribution in [2.24, 2.45) is 5.41 Å². The van der Waals surface area contributed by atoms with E-state index in [2.05, 4.69) is 0 Å². The van der Waals surface area contributed by atoms with Gasteiger partial charge in [0.05, 0.1) is 0 Å². The summed E-state index contributed by atoms with van der Waals surface area (Å²) >= 11 is 0. The molecule has 0 fully saturated rings. The normalized spacial score (nSPS) is 13.7. The van der Waals surface area contributed by atoms with Gasteiger partial charge in [-0.2, -0.15) is 0 Å². The Morgan fingerprint density at radius 1 is 1.04 bits per heavy atom. The van der Waals surface area contributed by atoms with Crippen LogP contribution in [-0.4, -0.2) is 28.6 Å². The first-order valence-corrected chi connectivity index (χ1v) is 7.71. The molecule has 0 saturated carbocycles. The first kappa shape index (κ1) is 19.7. The monoisotopic (exact) mass is 336 g/mol. The molecule has 0 aliphatic rings. The number of ether oxygens (including phenoxy) is 2. The van der Waals surface area contributed by atoms with Gasteiger partial charge in [-0.3, -0.25) is 14.4 Å². The quantitative estimate of drug-likeness (QED) is 0.608. The van der Waals surface area contributed by atoms with E-state index in [1.807, 2.05) is 30.3 Å². The summed E-state index contributed by atoms with van der Waals surface area (Å²) in [5.41, 5.74) is -1.76. The lowest BCUT2D eigenvalue weighted by Gasteiger charge is -2.28. The van der Waals surface area contributed by atoms with Gasteiger partial charge >= 0.3 is 17.9 Å². The molecule has 6 nitrogen and oxygen atoms in total. The number of carboxylic acids is 1. The lowest BCUT2D eigenvalue weighted by atomic mass is 9.85. The molecule has 0 saturated heterocycles. The Morgan fingerprint density at radius 3 is 2.12 bits per heavy atom. The largest absolute Gasteiger partial charge is 0.480 e. The molecule has 0 heterocycles. The number of rotatable bonds is 7. The average Bonchev–Trinajstić information content (AvgIpc) is 2.49. The van der Waals surface area contributed by atoms with Crippen molar-refractivity contribution in [3.63, 3.8) is 0 Å². The summed E-state index contributed by atoms with van der Waals surface area (Å²) in [5.74, 6) is -2.75. The van der Waals surface area contributed by atoms with Gasteiger partial charge in [-0.05, 0) is 39.7 Å². The van der Waals surface area contributed by atoms with Crippen LogP contribution in [0.5, 0.6) is 0 Å². The van der Waals surface area contributed by atoms with Crippen molar-refractivity contribution in [3.8, 4) is 0 Å². The van der Waals surface area contributed by atoms with Gasteiger partial charge in [-0.15, -0.1) is 0 Å². The summed E-state index contributed by atoms with van der Waals surface area (Å²) in [7, 11) is 0. The highest BCUT2D eigenvalue weighted by Crippen LogP contribution is 2.28. The number of benzene rings is 1. The van der Waals surface area contributed by atoms with E-state index in [0.717, 1.165) is 5.56 Å². The number of aliphatic carboxylic acids is 1. The maximum atomic E-state index is 12.2. The molecule has 0 bridgehead atoms. The summed E-state index contributed by atoms with van der Waals surface area (Å²) in [6, 6.07) is 9.13. The van der Waals surface area contributed by atoms with Crippen LogP contribution in [-0.2, 0) is 30.5 Å². The minimum Gasteiger partial charge on any atom is -0.480 e. The minimum atomic E-state index is -1.79. The zero-order valence-corrected chi connectivity index (χ0v) is 14.5. The van der Waals surface area contributed by atoms with E-state index in [0.29, 0.717) is 0 Å². The Bertz CT molecular complexity index is 587. The van der Waals surface area contributed by atoms with E-state index in [1.54, 1.807) is 20.8 Å². The van der Waals surface area contributed by atoms with Crippen LogP contribution in [0, 0.1) is 5.41 Å². The molecule has 132 valence electrons. The van der Waals surface area contributed by atoms with Gasteiger partial charge in [0.2, 0.25) is 0 Å². The van der Waals surface area contributed by atoms with Gasteiger partial charge in [0.25, 0.3) is 0 Å². The van der Waals surface area contributed by atoms with Crippen molar-refractivity contribution in [3.05, 3.63) is 35.9 Å². The van der Waals surface area contributed by atoms with Gasteiger partial charge < -0.3 is 14.6 Å². The molecule has 1 atom stereocenters. The Morgan fingerprint density at radius 2 is 1.62 bits per heavy atom. The maximum Gasteiger partial charge on any atom is 0.323 e. The topological polar surface area (TPSA) is 89.9 Å². The van der Waals surface area contributed by atoms with Crippen LogP contribution >= 0.6 is 0 Å². The number of carbonyl (C=O) groups is 3. The fourth-order valence-corrected chi connectivity index (χ4v) is 1.85. The molecule has 1 rings (SSSR count). The van der Waals surface area contributed by atoms with E-state index in [4.69, 9.17) is 9.47 Å². The summed E-state index contributed by atoms with van der Waals surface area (Å²) < 4.78 is 10.3. The Hall–Kier alpha value is -2.37. The second-order valence-electron chi connectivity index (χ2n) is 6.79. The van der Waals surface area contributed by atoms with Crippen molar-refractivity contribution in [2.45, 2.75) is 52.7 Å². The molecule has 1 aromatic carbocycles. The van der Waals surface area contributed by atoms with E-state index >= 15 is 0 Å². The summed E-state index contributed by atoms with van der Waals surface area (Å²) in [6.45, 7) is 6.33. The van der Waals surface area contributed by atoms with Crippen molar-refractivity contribution in [2.75, 3.05) is 0 Å². The number of esters is 2. The van der Waals surface area contributed by atoms with E-state index in [-0.39, 0.29) is 19.4 Å². The van der Waals surface area contributed by atoms with E-state index in [9.17, 15) is 19.5 Å². The van der Waals surface area contributed by atoms with Crippen molar-refractivity contribution >= 4 is 17.9 Å². The van der Waals surface area contributed by atoms with Crippen LogP contribution in [0.15, 0.2) is 30.3 Å². The highest BCUT2D eigenvalue weighted by Gasteiger charge is 2.44. The van der Waals surface area contributed by atoms with Crippen LogP contribution in [0.2, 0.25) is 0 Å². The first-order valence-electron chi connectivity index (χ1n) is 7.71. The van der Waals surface area contributed by atoms with Crippen molar-refractivity contribution in [1.82, 2.24) is 0 Å². The molecule has 0 spiro atoms. The molecule has 0 aromatic heterocycles. The summed E-state index contributed by atoms with van der Waals surface area (Å²) in [4.78, 5) is 35.5. The molecule has 0 aliphatic heterocycles. The second-order valence-corrected chi connectivity index (χ2v) is 6.79. The standard InChI is InChI=1S/C18H24O6/c1-17(2,3)24-16(22)18(4,15(20)21)11-10-14(19)23-12-13-8-6-5-7-9-13/h5-9H,10-12H2,1-4H3,(H,20,21). The smallest absolute Gasteiger partial charge is 0.323 e. The van der Waals surface area contributed by atoms with Gasteiger partial charge in [0.15, 0.2) is 5.41 Å². The Balaban J connectivity index is 2.61. The SMILES string of the molecule is CC(C)(C)OC(=O)C(C)(CCC(=O)OCc1ccccc1)C(=O)O. The Labute approximate surface area is 141 Å². The molecule has 0 aliphatic carbocycles. The highest BCUT2D eigenvalue weighted by atomic mass is 16.6. The second kappa shape index (κ2) is 7.95. The number of hydrogen-bond donors (Lipinski definition) is 1. The maximum absolute atomic E-state index is 12.2. The van der Waals surface area contributed by atoms with Crippen LogP contribution < -0.4 is 0 Å². The predicted molar refractivity (Wildman–Crippen MR) is 87.1 cm³/mol. The van der Waals surface area contributed by atoms with Crippen LogP contribution in [0.1, 0.15) is 46.1 Å². The molecule has 24 heavy (non-hydrogen) atoms. The van der Waals surface area contributed by atoms with Crippen LogP contribution in [0.4, 0.5) is 0 Å². The van der Waals surface area contributed by atoms with E-state index < -0.39 is 28.9 Å². The predicted octanol–water partition coefficient (Wildman–Crippen LogP) is 2.94. The third-order valence-corrected chi connectivity index (χ3v) is 3.39. The Kier molecular flexibility index (Phi) is 6.51. The third kappa shape index (κ3) is 6.02.